The minimum atomic E-state index is -0.110. The first-order valence-corrected chi connectivity index (χ1v) is 7.22. The fourth-order valence-corrected chi connectivity index (χ4v) is 2.39. The highest BCUT2D eigenvalue weighted by Gasteiger charge is 2.31. The average molecular weight is 286 g/mol. The molecule has 0 radical (unpaired) electrons. The van der Waals surface area contributed by atoms with Crippen molar-refractivity contribution >= 4 is 17.5 Å². The van der Waals surface area contributed by atoms with Crippen LogP contribution < -0.4 is 5.32 Å². The van der Waals surface area contributed by atoms with Crippen molar-refractivity contribution in [2.45, 2.75) is 18.9 Å². The number of amides is 1. The summed E-state index contributed by atoms with van der Waals surface area (Å²) in [4.78, 5) is 12.1. The molecule has 102 valence electrons. The lowest BCUT2D eigenvalue weighted by Gasteiger charge is -2.20. The van der Waals surface area contributed by atoms with Gasteiger partial charge in [-0.15, -0.1) is 0 Å². The van der Waals surface area contributed by atoms with Gasteiger partial charge in [0.15, 0.2) is 0 Å². The lowest BCUT2D eigenvalue weighted by atomic mass is 9.98. The Morgan fingerprint density at radius 1 is 1.00 bits per heavy atom. The third kappa shape index (κ3) is 3.02. The zero-order valence-electron chi connectivity index (χ0n) is 11.1. The van der Waals surface area contributed by atoms with Crippen molar-refractivity contribution in [3.05, 3.63) is 70.7 Å². The number of hydrogen-bond acceptors (Lipinski definition) is 1. The lowest BCUT2D eigenvalue weighted by molar-refractivity contribution is -0.122. The van der Waals surface area contributed by atoms with Crippen LogP contribution in [0, 0.1) is 5.92 Å². The lowest BCUT2D eigenvalue weighted by Crippen LogP contribution is -2.30. The van der Waals surface area contributed by atoms with E-state index in [1.807, 2.05) is 54.6 Å². The number of carbonyl (C=O) groups excluding carboxylic acids is 1. The number of hydrogen-bond donors (Lipinski definition) is 1. The van der Waals surface area contributed by atoms with Gasteiger partial charge in [-0.3, -0.25) is 4.79 Å². The minimum Gasteiger partial charge on any atom is -0.345 e. The number of benzene rings is 2. The molecule has 2 aromatic rings. The third-order valence-electron chi connectivity index (χ3n) is 3.57. The van der Waals surface area contributed by atoms with E-state index in [4.69, 9.17) is 11.6 Å². The summed E-state index contributed by atoms with van der Waals surface area (Å²) in [7, 11) is 0. The maximum absolute atomic E-state index is 12.1. The predicted octanol–water partition coefficient (Wildman–Crippen LogP) is 3.96. The van der Waals surface area contributed by atoms with Crippen molar-refractivity contribution in [2.75, 3.05) is 0 Å². The molecule has 0 aromatic heterocycles. The van der Waals surface area contributed by atoms with Gasteiger partial charge in [-0.05, 0) is 36.1 Å². The van der Waals surface area contributed by atoms with E-state index < -0.39 is 0 Å². The standard InChI is InChI=1S/C17H16ClNO/c18-15-10-8-13(9-11-15)16(12-4-2-1-3-5-12)19-17(20)14-6-7-14/h1-5,8-11,14,16H,6-7H2,(H,19,20). The molecule has 1 fully saturated rings. The average Bonchev–Trinajstić information content (AvgIpc) is 3.31. The molecule has 1 amide bonds. The van der Waals surface area contributed by atoms with Gasteiger partial charge in [-0.25, -0.2) is 0 Å². The summed E-state index contributed by atoms with van der Waals surface area (Å²) < 4.78 is 0. The molecule has 20 heavy (non-hydrogen) atoms. The summed E-state index contributed by atoms with van der Waals surface area (Å²) in [6, 6.07) is 17.6. The second kappa shape index (κ2) is 5.68. The van der Waals surface area contributed by atoms with Crippen LogP contribution in [0.5, 0.6) is 0 Å². The van der Waals surface area contributed by atoms with E-state index in [1.54, 1.807) is 0 Å². The normalized spacial score (nSPS) is 15.7. The summed E-state index contributed by atoms with van der Waals surface area (Å²) in [6.07, 6.45) is 2.02. The van der Waals surface area contributed by atoms with E-state index in [9.17, 15) is 4.79 Å². The topological polar surface area (TPSA) is 29.1 Å². The second-order valence-corrected chi connectivity index (χ2v) is 5.61. The Hall–Kier alpha value is -1.80. The van der Waals surface area contributed by atoms with Crippen molar-refractivity contribution < 1.29 is 4.79 Å². The zero-order valence-corrected chi connectivity index (χ0v) is 11.8. The molecule has 2 aromatic carbocycles. The van der Waals surface area contributed by atoms with Gasteiger partial charge in [0.05, 0.1) is 6.04 Å². The highest BCUT2D eigenvalue weighted by molar-refractivity contribution is 6.30. The molecule has 1 aliphatic carbocycles. The molecule has 0 aliphatic heterocycles. The van der Waals surface area contributed by atoms with E-state index >= 15 is 0 Å². The molecule has 2 nitrogen and oxygen atoms in total. The number of carbonyl (C=O) groups is 1. The van der Waals surface area contributed by atoms with Crippen LogP contribution in [0.3, 0.4) is 0 Å². The molecule has 0 bridgehead atoms. The van der Waals surface area contributed by atoms with Gasteiger partial charge >= 0.3 is 0 Å². The minimum absolute atomic E-state index is 0.110. The highest BCUT2D eigenvalue weighted by atomic mass is 35.5. The van der Waals surface area contributed by atoms with Crippen molar-refractivity contribution in [2.24, 2.45) is 5.92 Å². The second-order valence-electron chi connectivity index (χ2n) is 5.18. The van der Waals surface area contributed by atoms with Crippen molar-refractivity contribution in [3.63, 3.8) is 0 Å². The number of halogens is 1. The van der Waals surface area contributed by atoms with Gasteiger partial charge in [0.1, 0.15) is 0 Å². The first kappa shape index (κ1) is 13.2. The summed E-state index contributed by atoms with van der Waals surface area (Å²) in [5.41, 5.74) is 2.14. The van der Waals surface area contributed by atoms with E-state index in [2.05, 4.69) is 5.32 Å². The van der Waals surface area contributed by atoms with Crippen molar-refractivity contribution in [1.82, 2.24) is 5.32 Å². The molecular weight excluding hydrogens is 270 g/mol. The Kier molecular flexibility index (Phi) is 3.75. The van der Waals surface area contributed by atoms with Crippen LogP contribution in [0.15, 0.2) is 54.6 Å². The van der Waals surface area contributed by atoms with E-state index in [-0.39, 0.29) is 17.9 Å². The molecule has 1 unspecified atom stereocenters. The zero-order chi connectivity index (χ0) is 13.9. The third-order valence-corrected chi connectivity index (χ3v) is 3.82. The van der Waals surface area contributed by atoms with Crippen LogP contribution in [-0.2, 0) is 4.79 Å². The SMILES string of the molecule is O=C(NC(c1ccccc1)c1ccc(Cl)cc1)C1CC1. The molecule has 1 aliphatic rings. The van der Waals surface area contributed by atoms with Crippen LogP contribution in [0.1, 0.15) is 30.0 Å². The maximum atomic E-state index is 12.1. The van der Waals surface area contributed by atoms with Crippen molar-refractivity contribution in [1.29, 1.82) is 0 Å². The molecule has 1 saturated carbocycles. The number of nitrogens with one attached hydrogen (secondary N) is 1. The number of rotatable bonds is 4. The quantitative estimate of drug-likeness (QED) is 0.905. The molecule has 3 rings (SSSR count). The Morgan fingerprint density at radius 2 is 1.60 bits per heavy atom. The van der Waals surface area contributed by atoms with Gasteiger partial charge in [-0.1, -0.05) is 54.1 Å². The van der Waals surface area contributed by atoms with E-state index in [0.29, 0.717) is 5.02 Å². The summed E-state index contributed by atoms with van der Waals surface area (Å²) in [6.45, 7) is 0. The monoisotopic (exact) mass is 285 g/mol. The fourth-order valence-electron chi connectivity index (χ4n) is 2.27. The Labute approximate surface area is 123 Å². The smallest absolute Gasteiger partial charge is 0.223 e. The molecule has 0 spiro atoms. The molecule has 0 saturated heterocycles. The largest absolute Gasteiger partial charge is 0.345 e. The van der Waals surface area contributed by atoms with Gasteiger partial charge in [0.2, 0.25) is 5.91 Å². The summed E-state index contributed by atoms with van der Waals surface area (Å²) in [5, 5.41) is 3.85. The maximum Gasteiger partial charge on any atom is 0.223 e. The van der Waals surface area contributed by atoms with Crippen molar-refractivity contribution in [3.8, 4) is 0 Å². The van der Waals surface area contributed by atoms with Gasteiger partial charge in [-0.2, -0.15) is 0 Å². The van der Waals surface area contributed by atoms with E-state index in [0.717, 1.165) is 24.0 Å². The van der Waals surface area contributed by atoms with E-state index in [1.165, 1.54) is 0 Å². The Balaban J connectivity index is 1.90. The first-order chi connectivity index (χ1) is 9.74. The molecule has 3 heteroatoms. The van der Waals surface area contributed by atoms with Crippen LogP contribution in [0.4, 0.5) is 0 Å². The van der Waals surface area contributed by atoms with Crippen LogP contribution in [0.25, 0.3) is 0 Å². The van der Waals surface area contributed by atoms with Gasteiger partial charge in [0, 0.05) is 10.9 Å². The summed E-state index contributed by atoms with van der Waals surface area (Å²) in [5.74, 6) is 0.349. The molecule has 0 heterocycles. The molecule has 1 atom stereocenters. The first-order valence-electron chi connectivity index (χ1n) is 6.85. The van der Waals surface area contributed by atoms with Gasteiger partial charge < -0.3 is 5.32 Å². The van der Waals surface area contributed by atoms with Crippen LogP contribution in [-0.4, -0.2) is 5.91 Å². The Bertz CT molecular complexity index is 590. The van der Waals surface area contributed by atoms with Crippen LogP contribution >= 0.6 is 11.6 Å². The van der Waals surface area contributed by atoms with Crippen LogP contribution in [0.2, 0.25) is 5.02 Å². The summed E-state index contributed by atoms with van der Waals surface area (Å²) >= 11 is 5.94. The molecular formula is C17H16ClNO. The predicted molar refractivity (Wildman–Crippen MR) is 80.6 cm³/mol. The highest BCUT2D eigenvalue weighted by Crippen LogP contribution is 2.31. The Morgan fingerprint density at radius 3 is 2.20 bits per heavy atom. The fraction of sp³-hybridized carbons (Fsp3) is 0.235. The van der Waals surface area contributed by atoms with Gasteiger partial charge in [0.25, 0.3) is 0 Å². The molecule has 1 N–H and O–H groups in total.